The number of phenols is 2. The van der Waals surface area contributed by atoms with Crippen molar-refractivity contribution in [1.82, 2.24) is 5.32 Å². The second-order valence-electron chi connectivity index (χ2n) is 6.07. The lowest BCUT2D eigenvalue weighted by molar-refractivity contribution is 0.0836. The van der Waals surface area contributed by atoms with Crippen LogP contribution in [0.15, 0.2) is 48.5 Å². The van der Waals surface area contributed by atoms with Crippen molar-refractivity contribution in [3.05, 3.63) is 59.7 Å². The van der Waals surface area contributed by atoms with Gasteiger partial charge in [-0.2, -0.15) is 0 Å². The van der Waals surface area contributed by atoms with E-state index >= 15 is 0 Å². The summed E-state index contributed by atoms with van der Waals surface area (Å²) in [5.74, 6) is -0.531. The molecule has 24 heavy (non-hydrogen) atoms. The fourth-order valence-electron chi connectivity index (χ4n) is 2.68. The second-order valence-corrected chi connectivity index (χ2v) is 6.07. The zero-order valence-corrected chi connectivity index (χ0v) is 13.8. The van der Waals surface area contributed by atoms with E-state index in [1.807, 2.05) is 25.1 Å². The summed E-state index contributed by atoms with van der Waals surface area (Å²) < 4.78 is 0. The van der Waals surface area contributed by atoms with Crippen molar-refractivity contribution < 1.29 is 20.4 Å². The Morgan fingerprint density at radius 3 is 2.33 bits per heavy atom. The minimum absolute atomic E-state index is 0.0997. The quantitative estimate of drug-likeness (QED) is 0.478. The van der Waals surface area contributed by atoms with Gasteiger partial charge >= 0.3 is 0 Å². The van der Waals surface area contributed by atoms with Gasteiger partial charge in [-0.05, 0) is 43.0 Å². The molecule has 5 N–H and O–H groups in total. The van der Waals surface area contributed by atoms with E-state index in [-0.39, 0.29) is 24.1 Å². The minimum Gasteiger partial charge on any atom is -0.504 e. The van der Waals surface area contributed by atoms with E-state index in [0.717, 1.165) is 12.8 Å². The summed E-state index contributed by atoms with van der Waals surface area (Å²) >= 11 is 0. The van der Waals surface area contributed by atoms with Gasteiger partial charge in [0.1, 0.15) is 0 Å². The number of phenolic OH excluding ortho intramolecular Hbond substituents is 2. The standard InChI is InChI=1S/C19H25NO4/c1-13(7-8-14-5-3-2-4-6-14)20-16(12-21)19(24)15-9-10-17(22)18(23)11-15/h2-6,9-11,13,16,19-24H,7-8,12H2,1H3. The number of aromatic hydroxyl groups is 2. The van der Waals surface area contributed by atoms with Crippen LogP contribution >= 0.6 is 0 Å². The van der Waals surface area contributed by atoms with Crippen LogP contribution in [0.1, 0.15) is 30.6 Å². The van der Waals surface area contributed by atoms with Crippen molar-refractivity contribution in [2.75, 3.05) is 6.61 Å². The van der Waals surface area contributed by atoms with Crippen LogP contribution in [0.5, 0.6) is 11.5 Å². The third kappa shape index (κ3) is 4.96. The average Bonchev–Trinajstić information content (AvgIpc) is 2.60. The fraction of sp³-hybridized carbons (Fsp3) is 0.368. The van der Waals surface area contributed by atoms with Crippen LogP contribution in [-0.2, 0) is 6.42 Å². The van der Waals surface area contributed by atoms with Crippen LogP contribution in [0.2, 0.25) is 0 Å². The molecule has 0 aliphatic heterocycles. The fourth-order valence-corrected chi connectivity index (χ4v) is 2.68. The molecule has 0 spiro atoms. The van der Waals surface area contributed by atoms with Gasteiger partial charge in [0.25, 0.3) is 0 Å². The molecule has 2 rings (SSSR count). The summed E-state index contributed by atoms with van der Waals surface area (Å²) in [6, 6.07) is 13.8. The van der Waals surface area contributed by atoms with Gasteiger partial charge in [0, 0.05) is 6.04 Å². The molecule has 0 aromatic heterocycles. The highest BCUT2D eigenvalue weighted by Gasteiger charge is 2.22. The number of benzene rings is 2. The number of rotatable bonds is 8. The van der Waals surface area contributed by atoms with E-state index in [9.17, 15) is 20.4 Å². The number of aryl methyl sites for hydroxylation is 1. The molecular formula is C19H25NO4. The molecule has 0 aliphatic rings. The summed E-state index contributed by atoms with van der Waals surface area (Å²) in [4.78, 5) is 0. The third-order valence-electron chi connectivity index (χ3n) is 4.13. The van der Waals surface area contributed by atoms with E-state index in [1.165, 1.54) is 23.8 Å². The molecule has 2 aromatic rings. The normalized spacial score (nSPS) is 15.0. The van der Waals surface area contributed by atoms with E-state index < -0.39 is 12.1 Å². The summed E-state index contributed by atoms with van der Waals surface area (Å²) in [6.45, 7) is 1.77. The second kappa shape index (κ2) is 8.68. The van der Waals surface area contributed by atoms with Gasteiger partial charge in [0.15, 0.2) is 11.5 Å². The van der Waals surface area contributed by atoms with Gasteiger partial charge in [0.2, 0.25) is 0 Å². The Bertz CT molecular complexity index is 633. The largest absolute Gasteiger partial charge is 0.504 e. The van der Waals surface area contributed by atoms with Crippen molar-refractivity contribution in [3.8, 4) is 11.5 Å². The molecule has 0 heterocycles. The average molecular weight is 331 g/mol. The molecule has 0 saturated heterocycles. The predicted molar refractivity (Wildman–Crippen MR) is 93.0 cm³/mol. The van der Waals surface area contributed by atoms with Crippen LogP contribution in [0, 0.1) is 0 Å². The van der Waals surface area contributed by atoms with E-state index in [2.05, 4.69) is 17.4 Å². The predicted octanol–water partition coefficient (Wildman–Crippen LogP) is 2.10. The van der Waals surface area contributed by atoms with E-state index in [0.29, 0.717) is 5.56 Å². The molecule has 0 amide bonds. The Kier molecular flexibility index (Phi) is 6.61. The van der Waals surface area contributed by atoms with Crippen molar-refractivity contribution in [2.24, 2.45) is 0 Å². The lowest BCUT2D eigenvalue weighted by Gasteiger charge is -2.26. The smallest absolute Gasteiger partial charge is 0.157 e. The number of hydrogen-bond donors (Lipinski definition) is 5. The van der Waals surface area contributed by atoms with Crippen LogP contribution in [0.25, 0.3) is 0 Å². The molecule has 0 radical (unpaired) electrons. The molecule has 5 heteroatoms. The molecule has 3 atom stereocenters. The summed E-state index contributed by atoms with van der Waals surface area (Å²) in [5.41, 5.74) is 1.68. The van der Waals surface area contributed by atoms with Crippen LogP contribution in [0.4, 0.5) is 0 Å². The van der Waals surface area contributed by atoms with Gasteiger partial charge in [0.05, 0.1) is 18.8 Å². The van der Waals surface area contributed by atoms with Crippen LogP contribution in [0.3, 0.4) is 0 Å². The Balaban J connectivity index is 1.93. The molecule has 3 unspecified atom stereocenters. The monoisotopic (exact) mass is 331 g/mol. The van der Waals surface area contributed by atoms with E-state index in [4.69, 9.17) is 0 Å². The highest BCUT2D eigenvalue weighted by molar-refractivity contribution is 5.41. The molecule has 0 bridgehead atoms. The molecule has 0 saturated carbocycles. The first-order valence-electron chi connectivity index (χ1n) is 8.12. The van der Waals surface area contributed by atoms with Crippen molar-refractivity contribution in [2.45, 2.75) is 38.0 Å². The maximum atomic E-state index is 10.4. The number of aliphatic hydroxyl groups is 2. The first-order valence-corrected chi connectivity index (χ1v) is 8.12. The minimum atomic E-state index is -0.985. The third-order valence-corrected chi connectivity index (χ3v) is 4.13. The first-order chi connectivity index (χ1) is 11.5. The first kappa shape index (κ1) is 18.3. The van der Waals surface area contributed by atoms with Crippen LogP contribution < -0.4 is 5.32 Å². The van der Waals surface area contributed by atoms with Crippen molar-refractivity contribution in [3.63, 3.8) is 0 Å². The number of aliphatic hydroxyl groups excluding tert-OH is 2. The van der Waals surface area contributed by atoms with E-state index in [1.54, 1.807) is 0 Å². The Morgan fingerprint density at radius 1 is 1.00 bits per heavy atom. The molecule has 0 aliphatic carbocycles. The van der Waals surface area contributed by atoms with Gasteiger partial charge in [-0.1, -0.05) is 36.4 Å². The summed E-state index contributed by atoms with van der Waals surface area (Å²) in [7, 11) is 0. The topological polar surface area (TPSA) is 93.0 Å². The number of nitrogens with one attached hydrogen (secondary N) is 1. The maximum Gasteiger partial charge on any atom is 0.157 e. The molecule has 0 fully saturated rings. The van der Waals surface area contributed by atoms with Crippen LogP contribution in [-0.4, -0.2) is 39.1 Å². The zero-order valence-electron chi connectivity index (χ0n) is 13.8. The Labute approximate surface area is 142 Å². The SMILES string of the molecule is CC(CCc1ccccc1)NC(CO)C(O)c1ccc(O)c(O)c1. The molecule has 5 nitrogen and oxygen atoms in total. The van der Waals surface area contributed by atoms with Gasteiger partial charge < -0.3 is 25.7 Å². The summed E-state index contributed by atoms with van der Waals surface area (Å²) in [5, 5.41) is 42.1. The molecule has 2 aromatic carbocycles. The maximum absolute atomic E-state index is 10.4. The lowest BCUT2D eigenvalue weighted by atomic mass is 10.00. The Morgan fingerprint density at radius 2 is 1.71 bits per heavy atom. The molecule has 130 valence electrons. The Hall–Kier alpha value is -2.08. The highest BCUT2D eigenvalue weighted by Crippen LogP contribution is 2.29. The number of hydrogen-bond acceptors (Lipinski definition) is 5. The van der Waals surface area contributed by atoms with Gasteiger partial charge in [-0.25, -0.2) is 0 Å². The van der Waals surface area contributed by atoms with Gasteiger partial charge in [-0.15, -0.1) is 0 Å². The highest BCUT2D eigenvalue weighted by atomic mass is 16.3. The zero-order chi connectivity index (χ0) is 17.5. The van der Waals surface area contributed by atoms with Crippen molar-refractivity contribution in [1.29, 1.82) is 0 Å². The summed E-state index contributed by atoms with van der Waals surface area (Å²) in [6.07, 6.45) is 0.790. The van der Waals surface area contributed by atoms with Crippen molar-refractivity contribution >= 4 is 0 Å². The lowest BCUT2D eigenvalue weighted by Crippen LogP contribution is -2.43. The molecular weight excluding hydrogens is 306 g/mol. The van der Waals surface area contributed by atoms with Gasteiger partial charge in [-0.3, -0.25) is 0 Å².